The predicted octanol–water partition coefficient (Wildman–Crippen LogP) is 9.05. The average Bonchev–Trinajstić information content (AvgIpc) is 3.20. The van der Waals surface area contributed by atoms with Gasteiger partial charge in [-0.05, 0) is 22.3 Å². The van der Waals surface area contributed by atoms with Gasteiger partial charge in [0.25, 0.3) is 0 Å². The van der Waals surface area contributed by atoms with Gasteiger partial charge in [-0.25, -0.2) is 0 Å². The second-order valence-electron chi connectivity index (χ2n) is 11.7. The normalized spacial score (nSPS) is 11.0. The van der Waals surface area contributed by atoms with Crippen LogP contribution in [0.5, 0.6) is 0 Å². The van der Waals surface area contributed by atoms with Crippen LogP contribution in [0.15, 0.2) is 212 Å². The van der Waals surface area contributed by atoms with Crippen molar-refractivity contribution < 1.29 is 0 Å². The van der Waals surface area contributed by atoms with E-state index in [1.165, 1.54) is 10.7 Å². The van der Waals surface area contributed by atoms with E-state index in [4.69, 9.17) is 0 Å². The number of benzene rings is 7. The van der Waals surface area contributed by atoms with Crippen molar-refractivity contribution >= 4 is 43.8 Å². The topological polar surface area (TPSA) is 27.0 Å². The Balaban J connectivity index is 0.000000182. The fourth-order valence-electron chi connectivity index (χ4n) is 6.50. The molecule has 0 saturated heterocycles. The maximum absolute atomic E-state index is 10.4. The summed E-state index contributed by atoms with van der Waals surface area (Å²) >= 11 is -0.0246. The number of halogens is 1. The first-order valence-corrected chi connectivity index (χ1v) is 29.0. The third kappa shape index (κ3) is 7.51. The summed E-state index contributed by atoms with van der Waals surface area (Å²) in [7, 11) is 0. The molecule has 49 heavy (non-hydrogen) atoms. The van der Waals surface area contributed by atoms with E-state index in [1.54, 1.807) is 0 Å². The number of hydrogen-bond donors (Lipinski definition) is 0. The minimum absolute atomic E-state index is 0.510. The Bertz CT molecular complexity index is 1840. The number of nitriles is 1. The summed E-state index contributed by atoms with van der Waals surface area (Å²) in [5.74, 6) is 0. The van der Waals surface area contributed by atoms with E-state index in [2.05, 4.69) is 164 Å². The molecule has 0 aliphatic carbocycles. The van der Waals surface area contributed by atoms with Crippen LogP contribution in [0.25, 0.3) is 0 Å². The predicted molar refractivity (Wildman–Crippen MR) is 215 cm³/mol. The van der Waals surface area contributed by atoms with Crippen LogP contribution in [0.4, 0.5) is 0 Å². The summed E-state index contributed by atoms with van der Waals surface area (Å²) in [5, 5.41) is 10.4. The number of nitrogens with zero attached hydrogens (tertiary/aromatic N) is 2. The molecule has 0 saturated carbocycles. The zero-order valence-electron chi connectivity index (χ0n) is 27.2. The SMILES string of the molecule is N#CN(Cc1ccccc1)C(c1ccccc1)(c1ccccc1)c1ccccc1.[I][Sn]([c]1ccccc1)([c]1ccccc1)[c]1ccccc1. The molecule has 0 amide bonds. The quantitative estimate of drug-likeness (QED) is 0.0477. The first-order chi connectivity index (χ1) is 24.2. The van der Waals surface area contributed by atoms with Crippen LogP contribution >= 0.6 is 18.6 Å². The summed E-state index contributed by atoms with van der Waals surface area (Å²) in [6, 6.07) is 74.1. The van der Waals surface area contributed by atoms with Crippen molar-refractivity contribution in [3.8, 4) is 6.19 Å². The molecule has 7 aromatic rings. The molecule has 0 fully saturated rings. The van der Waals surface area contributed by atoms with Crippen LogP contribution in [0.3, 0.4) is 0 Å². The summed E-state index contributed by atoms with van der Waals surface area (Å²) < 4.78 is 4.54. The van der Waals surface area contributed by atoms with Crippen molar-refractivity contribution in [2.45, 2.75) is 12.1 Å². The number of hydrogen-bond acceptors (Lipinski definition) is 2. The maximum atomic E-state index is 10.4. The van der Waals surface area contributed by atoms with E-state index in [0.717, 1.165) is 22.3 Å². The van der Waals surface area contributed by atoms with E-state index in [9.17, 15) is 5.26 Å². The van der Waals surface area contributed by atoms with Crippen molar-refractivity contribution in [3.63, 3.8) is 0 Å². The van der Waals surface area contributed by atoms with Gasteiger partial charge >= 0.3 is 135 Å². The second-order valence-corrected chi connectivity index (χ2v) is 31.3. The van der Waals surface area contributed by atoms with Crippen LogP contribution in [-0.4, -0.2) is 19.3 Å². The Morgan fingerprint density at radius 1 is 0.429 bits per heavy atom. The van der Waals surface area contributed by atoms with Crippen molar-refractivity contribution in [2.75, 3.05) is 0 Å². The van der Waals surface area contributed by atoms with Gasteiger partial charge in [0, 0.05) is 0 Å². The summed E-state index contributed by atoms with van der Waals surface area (Å²) in [4.78, 5) is 1.89. The Morgan fingerprint density at radius 3 is 0.980 bits per heavy atom. The first-order valence-electron chi connectivity index (χ1n) is 16.4. The monoisotopic (exact) mass is 852 g/mol. The first kappa shape index (κ1) is 34.2. The Labute approximate surface area is 304 Å². The van der Waals surface area contributed by atoms with Gasteiger partial charge in [-0.3, -0.25) is 4.90 Å². The van der Waals surface area contributed by atoms with E-state index in [-0.39, 0.29) is 0 Å². The third-order valence-corrected chi connectivity index (χ3v) is 31.0. The number of rotatable bonds is 9. The molecule has 0 unspecified atom stereocenters. The molecule has 0 N–H and O–H groups in total. The van der Waals surface area contributed by atoms with Gasteiger partial charge in [-0.15, -0.1) is 0 Å². The molecule has 0 bridgehead atoms. The fraction of sp³-hybridized carbons (Fsp3) is 0.0444. The van der Waals surface area contributed by atoms with E-state index < -0.39 is 19.9 Å². The van der Waals surface area contributed by atoms with Gasteiger partial charge in [0.05, 0.1) is 6.54 Å². The molecular formula is C45H37IN2Sn. The van der Waals surface area contributed by atoms with Crippen LogP contribution < -0.4 is 10.7 Å². The Morgan fingerprint density at radius 2 is 0.694 bits per heavy atom. The zero-order valence-corrected chi connectivity index (χ0v) is 32.2. The van der Waals surface area contributed by atoms with Gasteiger partial charge in [0.15, 0.2) is 6.19 Å². The van der Waals surface area contributed by atoms with Crippen molar-refractivity contribution in [1.29, 1.82) is 5.26 Å². The summed E-state index contributed by atoms with van der Waals surface area (Å²) in [6.07, 6.45) is 2.52. The van der Waals surface area contributed by atoms with Gasteiger partial charge in [0.2, 0.25) is 0 Å². The van der Waals surface area contributed by atoms with E-state index in [1.807, 2.05) is 77.7 Å². The Kier molecular flexibility index (Phi) is 11.6. The molecular weight excluding hydrogens is 814 g/mol. The Hall–Kier alpha value is -4.64. The molecule has 2 nitrogen and oxygen atoms in total. The van der Waals surface area contributed by atoms with Gasteiger partial charge in [-0.2, -0.15) is 5.26 Å². The molecule has 7 aromatic carbocycles. The van der Waals surface area contributed by atoms with Crippen LogP contribution in [0, 0.1) is 11.5 Å². The van der Waals surface area contributed by atoms with Crippen LogP contribution in [0.1, 0.15) is 22.3 Å². The van der Waals surface area contributed by atoms with Crippen LogP contribution in [-0.2, 0) is 12.1 Å². The molecule has 0 spiro atoms. The molecule has 7 rings (SSSR count). The fourth-order valence-corrected chi connectivity index (χ4v) is 22.2. The third-order valence-electron chi connectivity index (χ3n) is 8.80. The molecule has 0 aliphatic rings. The van der Waals surface area contributed by atoms with Gasteiger partial charge in [-0.1, -0.05) is 121 Å². The van der Waals surface area contributed by atoms with Gasteiger partial charge in [0.1, 0.15) is 5.54 Å². The standard InChI is InChI=1S/C27H22N2.3C6H5.HI.Sn/c28-22-29(21-23-13-5-1-6-14-23)27(24-15-7-2-8-16-24,25-17-9-3-10-18-25)26-19-11-4-12-20-26;3*1-2-4-6-5-3-1;;/h1-20H,21H2;3*1-5H;1H;/q;;;;;+1/p-1. The molecule has 0 radical (unpaired) electrons. The van der Waals surface area contributed by atoms with Gasteiger partial charge < -0.3 is 0 Å². The molecule has 4 heteroatoms. The minimum atomic E-state index is -2.81. The zero-order chi connectivity index (χ0) is 33.8. The summed E-state index contributed by atoms with van der Waals surface area (Å²) in [5.41, 5.74) is 3.56. The summed E-state index contributed by atoms with van der Waals surface area (Å²) in [6.45, 7) is 0.510. The average molecular weight is 851 g/mol. The molecule has 238 valence electrons. The van der Waals surface area contributed by atoms with E-state index in [0.29, 0.717) is 6.54 Å². The van der Waals surface area contributed by atoms with E-state index >= 15 is 0 Å². The molecule has 0 heterocycles. The molecule has 0 aromatic heterocycles. The van der Waals surface area contributed by atoms with Crippen molar-refractivity contribution in [3.05, 3.63) is 235 Å². The van der Waals surface area contributed by atoms with Crippen LogP contribution in [0.2, 0.25) is 0 Å². The van der Waals surface area contributed by atoms with Crippen molar-refractivity contribution in [1.82, 2.24) is 4.90 Å². The molecule has 0 atom stereocenters. The van der Waals surface area contributed by atoms with Crippen molar-refractivity contribution in [2.24, 2.45) is 0 Å². The molecule has 0 aliphatic heterocycles. The second kappa shape index (κ2) is 16.6.